The van der Waals surface area contributed by atoms with E-state index < -0.39 is 5.60 Å². The molecule has 1 aliphatic rings. The van der Waals surface area contributed by atoms with Crippen LogP contribution in [-0.2, 0) is 18.6 Å². The van der Waals surface area contributed by atoms with Crippen LogP contribution in [0.15, 0.2) is 97.3 Å². The van der Waals surface area contributed by atoms with E-state index in [9.17, 15) is 4.79 Å². The van der Waals surface area contributed by atoms with Gasteiger partial charge in [-0.3, -0.25) is 4.79 Å². The number of H-pyrrole nitrogens is 1. The number of nitrogens with one attached hydrogen (secondary N) is 1. The summed E-state index contributed by atoms with van der Waals surface area (Å²) in [5.74, 6) is 2.35. The molecule has 0 amide bonds. The highest BCUT2D eigenvalue weighted by Gasteiger charge is 2.35. The van der Waals surface area contributed by atoms with Crippen LogP contribution in [0.3, 0.4) is 0 Å². The fourth-order valence-electron chi connectivity index (χ4n) is 5.19. The van der Waals surface area contributed by atoms with Crippen molar-refractivity contribution in [1.82, 2.24) is 9.97 Å². The highest BCUT2D eigenvalue weighted by atomic mass is 16.5. The van der Waals surface area contributed by atoms with E-state index in [0.717, 1.165) is 46.2 Å². The molecule has 5 aromatic rings. The minimum atomic E-state index is -0.866. The third kappa shape index (κ3) is 4.38. The largest absolute Gasteiger partial charge is 0.489 e. The van der Waals surface area contributed by atoms with Crippen molar-refractivity contribution in [3.8, 4) is 11.5 Å². The van der Waals surface area contributed by atoms with Crippen molar-refractivity contribution >= 4 is 16.6 Å². The Morgan fingerprint density at radius 1 is 0.919 bits per heavy atom. The Hall–Kier alpha value is -4.38. The number of carbonyl (C=O) groups excluding carboxylic acids is 1. The first-order chi connectivity index (χ1) is 18.1. The maximum absolute atomic E-state index is 12.8. The molecule has 0 spiro atoms. The van der Waals surface area contributed by atoms with Crippen LogP contribution in [0.4, 0.5) is 0 Å². The lowest BCUT2D eigenvalue weighted by molar-refractivity contribution is 0.0970. The van der Waals surface area contributed by atoms with E-state index in [1.54, 1.807) is 12.4 Å². The minimum Gasteiger partial charge on any atom is -0.489 e. The Morgan fingerprint density at radius 2 is 1.73 bits per heavy atom. The third-order valence-corrected chi connectivity index (χ3v) is 7.21. The van der Waals surface area contributed by atoms with Gasteiger partial charge in [-0.25, -0.2) is 4.98 Å². The van der Waals surface area contributed by atoms with Gasteiger partial charge in [0, 0.05) is 35.5 Å². The molecule has 0 radical (unpaired) electrons. The maximum atomic E-state index is 12.8. The van der Waals surface area contributed by atoms with Crippen molar-refractivity contribution in [3.63, 3.8) is 0 Å². The average Bonchev–Trinajstić information content (AvgIpc) is 3.49. The summed E-state index contributed by atoms with van der Waals surface area (Å²) in [6.07, 6.45) is 5.75. The van der Waals surface area contributed by atoms with Crippen LogP contribution in [0, 0.1) is 0 Å². The van der Waals surface area contributed by atoms with Gasteiger partial charge in [0.2, 0.25) is 0 Å². The molecule has 0 saturated heterocycles. The lowest BCUT2D eigenvalue weighted by Gasteiger charge is -2.32. The Kier molecular flexibility index (Phi) is 5.97. The van der Waals surface area contributed by atoms with Gasteiger partial charge in [-0.2, -0.15) is 0 Å². The van der Waals surface area contributed by atoms with E-state index in [2.05, 4.69) is 28.2 Å². The van der Waals surface area contributed by atoms with Crippen LogP contribution in [0.5, 0.6) is 11.5 Å². The van der Waals surface area contributed by atoms with Gasteiger partial charge in [-0.05, 0) is 60.4 Å². The summed E-state index contributed by atoms with van der Waals surface area (Å²) in [5.41, 5.74) is 2.81. The molecule has 0 unspecified atom stereocenters. The zero-order chi connectivity index (χ0) is 25.2. The molecule has 184 valence electrons. The van der Waals surface area contributed by atoms with Crippen molar-refractivity contribution in [2.75, 3.05) is 0 Å². The Morgan fingerprint density at radius 3 is 2.54 bits per heavy atom. The lowest BCUT2D eigenvalue weighted by Crippen LogP contribution is -2.33. The zero-order valence-corrected chi connectivity index (χ0v) is 20.7. The van der Waals surface area contributed by atoms with E-state index in [4.69, 9.17) is 9.47 Å². The number of benzene rings is 4. The molecule has 0 bridgehead atoms. The molecule has 1 aromatic heterocycles. The van der Waals surface area contributed by atoms with Crippen LogP contribution < -0.4 is 9.47 Å². The molecule has 4 aromatic carbocycles. The lowest BCUT2D eigenvalue weighted by atomic mass is 9.86. The average molecular weight is 489 g/mol. The first-order valence-electron chi connectivity index (χ1n) is 12.7. The smallest absolute Gasteiger partial charge is 0.188 e. The van der Waals surface area contributed by atoms with Crippen molar-refractivity contribution < 1.29 is 14.3 Å². The van der Waals surface area contributed by atoms with E-state index in [0.29, 0.717) is 24.6 Å². The highest BCUT2D eigenvalue weighted by Crippen LogP contribution is 2.38. The number of nitrogens with zero attached hydrogens (tertiary/aromatic N) is 1. The highest BCUT2D eigenvalue weighted by molar-refractivity contribution is 5.99. The van der Waals surface area contributed by atoms with Crippen LogP contribution in [-0.4, -0.2) is 15.8 Å². The standard InChI is InChI=1S/C32H28N2O3/c1-32(31-33-18-19-34-31,24-10-3-2-4-11-24)37-30-17-16-27-26(12-7-13-29(27)35)28(30)21-36-25-15-14-22-8-5-6-9-23(22)20-25/h2-6,8-11,14-20H,7,12-13,21H2,1H3,(H,33,34)/t32-/m0/s1. The van der Waals surface area contributed by atoms with Gasteiger partial charge in [-0.1, -0.05) is 60.7 Å². The number of aromatic nitrogens is 2. The summed E-state index contributed by atoms with van der Waals surface area (Å²) in [4.78, 5) is 20.6. The normalized spacial score (nSPS) is 14.7. The number of ether oxygens (including phenoxy) is 2. The number of ketones is 1. The topological polar surface area (TPSA) is 64.2 Å². The molecule has 0 saturated carbocycles. The fourth-order valence-corrected chi connectivity index (χ4v) is 5.19. The van der Waals surface area contributed by atoms with Gasteiger partial charge < -0.3 is 14.5 Å². The Labute approximate surface area is 216 Å². The van der Waals surface area contributed by atoms with Crippen LogP contribution in [0.1, 0.15) is 52.6 Å². The van der Waals surface area contributed by atoms with E-state index in [-0.39, 0.29) is 5.78 Å². The summed E-state index contributed by atoms with van der Waals surface area (Å²) < 4.78 is 13.2. The van der Waals surface area contributed by atoms with Crippen molar-refractivity contribution in [1.29, 1.82) is 0 Å². The Balaban J connectivity index is 1.41. The first-order valence-corrected chi connectivity index (χ1v) is 12.7. The summed E-state index contributed by atoms with van der Waals surface area (Å²) >= 11 is 0. The molecule has 0 aliphatic heterocycles. The molecule has 1 heterocycles. The predicted octanol–water partition coefficient (Wildman–Crippen LogP) is 7.00. The van der Waals surface area contributed by atoms with Crippen molar-refractivity contribution in [3.05, 3.63) is 125 Å². The fraction of sp³-hybridized carbons (Fsp3) is 0.188. The van der Waals surface area contributed by atoms with Crippen molar-refractivity contribution in [2.45, 2.75) is 38.4 Å². The van der Waals surface area contributed by atoms with Gasteiger partial charge in [0.25, 0.3) is 0 Å². The monoisotopic (exact) mass is 488 g/mol. The molecule has 37 heavy (non-hydrogen) atoms. The van der Waals surface area contributed by atoms with Crippen LogP contribution in [0.25, 0.3) is 10.8 Å². The molecular formula is C32H28N2O3. The Bertz CT molecular complexity index is 1560. The molecule has 1 atom stereocenters. The number of imidazole rings is 1. The van der Waals surface area contributed by atoms with E-state index in [1.165, 1.54) is 5.39 Å². The van der Waals surface area contributed by atoms with E-state index >= 15 is 0 Å². The number of hydrogen-bond donors (Lipinski definition) is 1. The summed E-state index contributed by atoms with van der Waals surface area (Å²) in [7, 11) is 0. The second kappa shape index (κ2) is 9.58. The quantitative estimate of drug-likeness (QED) is 0.268. The number of fused-ring (bicyclic) bond motifs is 2. The van der Waals surface area contributed by atoms with Crippen molar-refractivity contribution in [2.24, 2.45) is 0 Å². The molecule has 1 aliphatic carbocycles. The minimum absolute atomic E-state index is 0.177. The van der Waals surface area contributed by atoms with Gasteiger partial charge in [-0.15, -0.1) is 0 Å². The maximum Gasteiger partial charge on any atom is 0.188 e. The molecular weight excluding hydrogens is 460 g/mol. The number of carbonyl (C=O) groups is 1. The zero-order valence-electron chi connectivity index (χ0n) is 20.7. The second-order valence-corrected chi connectivity index (χ2v) is 9.58. The predicted molar refractivity (Wildman–Crippen MR) is 144 cm³/mol. The van der Waals surface area contributed by atoms with Gasteiger partial charge in [0.1, 0.15) is 18.1 Å². The van der Waals surface area contributed by atoms with Crippen LogP contribution >= 0.6 is 0 Å². The first kappa shape index (κ1) is 23.0. The number of Topliss-reactive ketones (excluding diaryl/α,β-unsaturated/α-hetero) is 1. The summed E-state index contributed by atoms with van der Waals surface area (Å²) in [5, 5.41) is 2.29. The molecule has 1 N–H and O–H groups in total. The van der Waals surface area contributed by atoms with Gasteiger partial charge in [0.05, 0.1) is 0 Å². The molecule has 6 rings (SSSR count). The molecule has 5 nitrogen and oxygen atoms in total. The third-order valence-electron chi connectivity index (χ3n) is 7.21. The van der Waals surface area contributed by atoms with Gasteiger partial charge >= 0.3 is 0 Å². The molecule has 5 heteroatoms. The summed E-state index contributed by atoms with van der Waals surface area (Å²) in [6, 6.07) is 28.2. The number of rotatable bonds is 7. The van der Waals surface area contributed by atoms with Gasteiger partial charge in [0.15, 0.2) is 17.2 Å². The number of aromatic amines is 1. The summed E-state index contributed by atoms with van der Waals surface area (Å²) in [6.45, 7) is 2.31. The van der Waals surface area contributed by atoms with Crippen LogP contribution in [0.2, 0.25) is 0 Å². The molecule has 0 fully saturated rings. The SMILES string of the molecule is C[C@](Oc1ccc2c(c1COc1ccc3ccccc3c1)CCCC2=O)(c1ccccc1)c1ncc[nH]1. The van der Waals surface area contributed by atoms with E-state index in [1.807, 2.05) is 73.7 Å². The number of hydrogen-bond acceptors (Lipinski definition) is 4. The second-order valence-electron chi connectivity index (χ2n) is 9.58.